The summed E-state index contributed by atoms with van der Waals surface area (Å²) in [6, 6.07) is 5.57. The van der Waals surface area contributed by atoms with Crippen LogP contribution in [0, 0.1) is 6.92 Å². The van der Waals surface area contributed by atoms with Crippen molar-refractivity contribution in [3.8, 4) is 11.5 Å². The second-order valence-corrected chi connectivity index (χ2v) is 6.20. The summed E-state index contributed by atoms with van der Waals surface area (Å²) in [6.45, 7) is 3.23. The molecule has 7 nitrogen and oxygen atoms in total. The van der Waals surface area contributed by atoms with E-state index in [0.717, 1.165) is 18.4 Å². The molecule has 1 saturated heterocycles. The average molecular weight is 345 g/mol. The van der Waals surface area contributed by atoms with E-state index in [9.17, 15) is 4.79 Å². The number of methoxy groups -OCH3 is 2. The van der Waals surface area contributed by atoms with Crippen LogP contribution in [0.5, 0.6) is 11.5 Å². The first-order valence-electron chi connectivity index (χ1n) is 8.39. The quantitative estimate of drug-likeness (QED) is 0.828. The van der Waals surface area contributed by atoms with Gasteiger partial charge in [-0.1, -0.05) is 11.2 Å². The zero-order valence-corrected chi connectivity index (χ0v) is 14.8. The van der Waals surface area contributed by atoms with Crippen LogP contribution >= 0.6 is 0 Å². The topological polar surface area (TPSA) is 77.7 Å². The molecule has 2 aromatic rings. The number of nitrogens with zero attached hydrogens (tertiary/aromatic N) is 3. The van der Waals surface area contributed by atoms with Gasteiger partial charge in [-0.2, -0.15) is 4.98 Å². The highest BCUT2D eigenvalue weighted by atomic mass is 16.5. The van der Waals surface area contributed by atoms with Gasteiger partial charge >= 0.3 is 0 Å². The summed E-state index contributed by atoms with van der Waals surface area (Å²) in [5.41, 5.74) is 0.914. The summed E-state index contributed by atoms with van der Waals surface area (Å²) < 4.78 is 15.8. The van der Waals surface area contributed by atoms with Crippen LogP contribution in [0.3, 0.4) is 0 Å². The van der Waals surface area contributed by atoms with Crippen molar-refractivity contribution in [2.24, 2.45) is 0 Å². The molecule has 1 amide bonds. The molecule has 0 bridgehead atoms. The summed E-state index contributed by atoms with van der Waals surface area (Å²) in [5.74, 6) is 3.00. The van der Waals surface area contributed by atoms with Crippen LogP contribution in [0.25, 0.3) is 0 Å². The summed E-state index contributed by atoms with van der Waals surface area (Å²) >= 11 is 0. The first kappa shape index (κ1) is 17.3. The van der Waals surface area contributed by atoms with E-state index in [1.165, 1.54) is 0 Å². The minimum atomic E-state index is 0.118. The lowest BCUT2D eigenvalue weighted by atomic mass is 9.96. The number of benzene rings is 1. The Hall–Kier alpha value is -2.57. The number of aryl methyl sites for hydroxylation is 1. The zero-order chi connectivity index (χ0) is 17.8. The van der Waals surface area contributed by atoms with Crippen molar-refractivity contribution in [3.05, 3.63) is 35.5 Å². The smallest absolute Gasteiger partial charge is 0.229 e. The normalized spacial score (nSPS) is 15.2. The van der Waals surface area contributed by atoms with Crippen molar-refractivity contribution >= 4 is 5.91 Å². The molecule has 0 radical (unpaired) electrons. The van der Waals surface area contributed by atoms with Crippen molar-refractivity contribution in [1.29, 1.82) is 0 Å². The lowest BCUT2D eigenvalue weighted by Crippen LogP contribution is -2.38. The van der Waals surface area contributed by atoms with E-state index >= 15 is 0 Å². The fourth-order valence-corrected chi connectivity index (χ4v) is 3.13. The first-order chi connectivity index (χ1) is 12.1. The van der Waals surface area contributed by atoms with Crippen molar-refractivity contribution in [2.75, 3.05) is 27.3 Å². The van der Waals surface area contributed by atoms with E-state index in [-0.39, 0.29) is 11.8 Å². The van der Waals surface area contributed by atoms with Crippen LogP contribution in [0.4, 0.5) is 0 Å². The molecule has 134 valence electrons. The highest BCUT2D eigenvalue weighted by Crippen LogP contribution is 2.29. The molecule has 1 aromatic heterocycles. The Kier molecular flexibility index (Phi) is 5.21. The van der Waals surface area contributed by atoms with Gasteiger partial charge in [-0.15, -0.1) is 0 Å². The maximum Gasteiger partial charge on any atom is 0.229 e. The van der Waals surface area contributed by atoms with Gasteiger partial charge in [0.2, 0.25) is 11.8 Å². The fraction of sp³-hybridized carbons (Fsp3) is 0.500. The Morgan fingerprint density at radius 1 is 1.24 bits per heavy atom. The number of likely N-dealkylation sites (tertiary alicyclic amines) is 1. The molecule has 7 heteroatoms. The summed E-state index contributed by atoms with van der Waals surface area (Å²) in [5, 5.41) is 3.84. The maximum atomic E-state index is 12.6. The minimum Gasteiger partial charge on any atom is -0.493 e. The van der Waals surface area contributed by atoms with Gasteiger partial charge in [-0.05, 0) is 37.5 Å². The number of amides is 1. The van der Waals surface area contributed by atoms with Gasteiger partial charge in [0, 0.05) is 19.0 Å². The van der Waals surface area contributed by atoms with Gasteiger partial charge in [-0.25, -0.2) is 0 Å². The largest absolute Gasteiger partial charge is 0.493 e. The van der Waals surface area contributed by atoms with Gasteiger partial charge in [0.05, 0.1) is 20.6 Å². The number of ether oxygens (including phenoxy) is 2. The standard InChI is InChI=1S/C18H23N3O4/c1-12-19-18(25-20-12)14-6-8-21(9-7-14)17(22)11-13-4-5-15(23-2)16(10-13)24-3/h4-5,10,14H,6-9,11H2,1-3H3. The van der Waals surface area contributed by atoms with Gasteiger partial charge in [0.15, 0.2) is 17.3 Å². The molecule has 0 unspecified atom stereocenters. The second-order valence-electron chi connectivity index (χ2n) is 6.20. The Balaban J connectivity index is 1.58. The van der Waals surface area contributed by atoms with E-state index < -0.39 is 0 Å². The van der Waals surface area contributed by atoms with Crippen LogP contribution in [-0.4, -0.2) is 48.3 Å². The third-order valence-corrected chi connectivity index (χ3v) is 4.54. The van der Waals surface area contributed by atoms with Gasteiger partial charge in [0.1, 0.15) is 0 Å². The number of hydrogen-bond donors (Lipinski definition) is 0. The molecule has 0 spiro atoms. The highest BCUT2D eigenvalue weighted by Gasteiger charge is 2.27. The third-order valence-electron chi connectivity index (χ3n) is 4.54. The third kappa shape index (κ3) is 3.92. The average Bonchev–Trinajstić information content (AvgIpc) is 3.08. The number of carbonyl (C=O) groups is 1. The van der Waals surface area contributed by atoms with E-state index in [1.54, 1.807) is 14.2 Å². The maximum absolute atomic E-state index is 12.6. The van der Waals surface area contributed by atoms with Crippen LogP contribution in [0.1, 0.15) is 36.0 Å². The predicted molar refractivity (Wildman–Crippen MR) is 90.8 cm³/mol. The van der Waals surface area contributed by atoms with Crippen LogP contribution in [0.2, 0.25) is 0 Å². The Bertz CT molecular complexity index is 736. The van der Waals surface area contributed by atoms with Crippen LogP contribution in [0.15, 0.2) is 22.7 Å². The molecule has 0 atom stereocenters. The van der Waals surface area contributed by atoms with Crippen molar-refractivity contribution in [2.45, 2.75) is 32.1 Å². The Morgan fingerprint density at radius 3 is 2.56 bits per heavy atom. The summed E-state index contributed by atoms with van der Waals surface area (Å²) in [7, 11) is 3.19. The molecular weight excluding hydrogens is 322 g/mol. The summed E-state index contributed by atoms with van der Waals surface area (Å²) in [6.07, 6.45) is 2.04. The second kappa shape index (κ2) is 7.55. The van der Waals surface area contributed by atoms with Crippen molar-refractivity contribution in [1.82, 2.24) is 15.0 Å². The van der Waals surface area contributed by atoms with Gasteiger partial charge in [-0.3, -0.25) is 4.79 Å². The number of rotatable bonds is 5. The van der Waals surface area contributed by atoms with Gasteiger partial charge in [0.25, 0.3) is 0 Å². The zero-order valence-electron chi connectivity index (χ0n) is 14.8. The Labute approximate surface area is 146 Å². The molecule has 1 aromatic carbocycles. The number of carbonyl (C=O) groups excluding carboxylic acids is 1. The number of aromatic nitrogens is 2. The Morgan fingerprint density at radius 2 is 1.96 bits per heavy atom. The number of piperidine rings is 1. The molecular formula is C18H23N3O4. The molecule has 1 aliphatic heterocycles. The van der Waals surface area contributed by atoms with E-state index in [4.69, 9.17) is 14.0 Å². The molecule has 0 saturated carbocycles. The van der Waals surface area contributed by atoms with Crippen LogP contribution in [-0.2, 0) is 11.2 Å². The fourth-order valence-electron chi connectivity index (χ4n) is 3.13. The van der Waals surface area contributed by atoms with Gasteiger partial charge < -0.3 is 18.9 Å². The lowest BCUT2D eigenvalue weighted by Gasteiger charge is -2.30. The van der Waals surface area contributed by atoms with Crippen molar-refractivity contribution in [3.63, 3.8) is 0 Å². The molecule has 1 aliphatic rings. The first-order valence-corrected chi connectivity index (χ1v) is 8.39. The minimum absolute atomic E-state index is 0.118. The summed E-state index contributed by atoms with van der Waals surface area (Å²) in [4.78, 5) is 18.8. The van der Waals surface area contributed by atoms with Crippen molar-refractivity contribution < 1.29 is 18.8 Å². The molecule has 3 rings (SSSR count). The van der Waals surface area contributed by atoms with Crippen LogP contribution < -0.4 is 9.47 Å². The van der Waals surface area contributed by atoms with E-state index in [2.05, 4.69) is 10.1 Å². The molecule has 1 fully saturated rings. The van der Waals surface area contributed by atoms with E-state index in [0.29, 0.717) is 42.7 Å². The molecule has 2 heterocycles. The highest BCUT2D eigenvalue weighted by molar-refractivity contribution is 5.79. The molecule has 0 N–H and O–H groups in total. The molecule has 25 heavy (non-hydrogen) atoms. The van der Waals surface area contributed by atoms with E-state index in [1.807, 2.05) is 30.0 Å². The predicted octanol–water partition coefficient (Wildman–Crippen LogP) is 2.34. The number of hydrogen-bond acceptors (Lipinski definition) is 6. The monoisotopic (exact) mass is 345 g/mol. The SMILES string of the molecule is COc1ccc(CC(=O)N2CCC(c3nc(C)no3)CC2)cc1OC. The molecule has 0 aliphatic carbocycles. The lowest BCUT2D eigenvalue weighted by molar-refractivity contribution is -0.131.